The summed E-state index contributed by atoms with van der Waals surface area (Å²) in [7, 11) is -1.85. The minimum absolute atomic E-state index is 0.0480. The van der Waals surface area contributed by atoms with E-state index in [4.69, 9.17) is 9.16 Å². The van der Waals surface area contributed by atoms with Gasteiger partial charge in [0.1, 0.15) is 5.78 Å². The van der Waals surface area contributed by atoms with E-state index in [2.05, 4.69) is 59.5 Å². The van der Waals surface area contributed by atoms with Crippen LogP contribution in [0.25, 0.3) is 0 Å². The van der Waals surface area contributed by atoms with Crippen LogP contribution in [0.5, 0.6) is 0 Å². The Balaban J connectivity index is 2.28. The first-order chi connectivity index (χ1) is 17.7. The van der Waals surface area contributed by atoms with Crippen LogP contribution in [0.4, 0.5) is 0 Å². The van der Waals surface area contributed by atoms with Gasteiger partial charge in [0.25, 0.3) is 0 Å². The van der Waals surface area contributed by atoms with Crippen molar-refractivity contribution in [1.29, 1.82) is 0 Å². The molecule has 0 aromatic carbocycles. The van der Waals surface area contributed by atoms with Gasteiger partial charge in [-0.15, -0.1) is 0 Å². The molecule has 1 unspecified atom stereocenters. The number of hydrogen-bond donors (Lipinski definition) is 0. The van der Waals surface area contributed by atoms with Gasteiger partial charge in [0.2, 0.25) is 0 Å². The quantitative estimate of drug-likeness (QED) is 0.202. The average Bonchev–Trinajstić information content (AvgIpc) is 3.36. The van der Waals surface area contributed by atoms with Crippen molar-refractivity contribution >= 4 is 25.9 Å². The summed E-state index contributed by atoms with van der Waals surface area (Å²) in [5.41, 5.74) is -0.696. The second kappa shape index (κ2) is 12.4. The lowest BCUT2D eigenvalue weighted by Gasteiger charge is -2.36. The molecule has 0 N–H and O–H groups in total. The van der Waals surface area contributed by atoms with Crippen LogP contribution in [0, 0.1) is 29.1 Å². The summed E-state index contributed by atoms with van der Waals surface area (Å²) in [5.74, 6) is 0.129. The molecular formula is C32H59NO5Si. The Hall–Kier alpha value is -1.05. The molecule has 2 saturated heterocycles. The zero-order valence-corrected chi connectivity index (χ0v) is 28.4. The van der Waals surface area contributed by atoms with Gasteiger partial charge in [-0.05, 0) is 56.2 Å². The highest BCUT2D eigenvalue weighted by Crippen LogP contribution is 2.48. The molecule has 0 amide bonds. The van der Waals surface area contributed by atoms with Crippen LogP contribution in [-0.4, -0.2) is 61.6 Å². The number of Topliss-reactive ketones (excluding diaryl/α,β-unsaturated/α-hetero) is 2. The van der Waals surface area contributed by atoms with Crippen LogP contribution in [0.2, 0.25) is 18.1 Å². The fraction of sp³-hybridized carbons (Fsp3) is 0.906. The minimum atomic E-state index is -1.85. The number of carbonyl (C=O) groups excluding carboxylic acids is 3. The molecule has 2 aliphatic rings. The molecule has 0 bridgehead atoms. The zero-order chi connectivity index (χ0) is 30.1. The fourth-order valence-corrected chi connectivity index (χ4v) is 7.15. The largest absolute Gasteiger partial charge is 0.454 e. The van der Waals surface area contributed by atoms with Crippen LogP contribution < -0.4 is 0 Å². The van der Waals surface area contributed by atoms with Gasteiger partial charge in [-0.2, -0.15) is 0 Å². The van der Waals surface area contributed by atoms with Gasteiger partial charge in [-0.3, -0.25) is 19.3 Å². The number of esters is 1. The van der Waals surface area contributed by atoms with Crippen molar-refractivity contribution in [1.82, 2.24) is 4.90 Å². The number of ether oxygens (including phenoxy) is 1. The molecule has 8 atom stereocenters. The predicted octanol–water partition coefficient (Wildman–Crippen LogP) is 7.06. The van der Waals surface area contributed by atoms with E-state index in [0.717, 1.165) is 25.8 Å². The highest BCUT2D eigenvalue weighted by atomic mass is 28.4. The molecule has 2 aliphatic heterocycles. The van der Waals surface area contributed by atoms with Crippen molar-refractivity contribution in [2.24, 2.45) is 29.1 Å². The van der Waals surface area contributed by atoms with Crippen molar-refractivity contribution < 1.29 is 23.5 Å². The smallest absolute Gasteiger partial charge is 0.306 e. The van der Waals surface area contributed by atoms with Gasteiger partial charge in [0.15, 0.2) is 20.2 Å². The van der Waals surface area contributed by atoms with Gasteiger partial charge in [0, 0.05) is 48.9 Å². The van der Waals surface area contributed by atoms with Crippen molar-refractivity contribution in [2.75, 3.05) is 13.2 Å². The molecule has 2 rings (SSSR count). The average molecular weight is 566 g/mol. The third-order valence-corrected chi connectivity index (χ3v) is 15.8. The monoisotopic (exact) mass is 565 g/mol. The molecule has 6 nitrogen and oxygen atoms in total. The van der Waals surface area contributed by atoms with E-state index < -0.39 is 19.8 Å². The highest BCUT2D eigenvalue weighted by Gasteiger charge is 2.59. The van der Waals surface area contributed by atoms with E-state index in [1.54, 1.807) is 0 Å². The topological polar surface area (TPSA) is 72.7 Å². The molecular weight excluding hydrogens is 506 g/mol. The van der Waals surface area contributed by atoms with E-state index in [1.807, 2.05) is 27.7 Å². The number of cyclic esters (lactones) is 1. The normalized spacial score (nSPS) is 37.1. The minimum Gasteiger partial charge on any atom is -0.454 e. The first-order valence-corrected chi connectivity index (χ1v) is 18.2. The van der Waals surface area contributed by atoms with Crippen LogP contribution in [-0.2, 0) is 23.5 Å². The van der Waals surface area contributed by atoms with Crippen molar-refractivity contribution in [3.05, 3.63) is 0 Å². The van der Waals surface area contributed by atoms with Gasteiger partial charge < -0.3 is 9.16 Å². The Kier molecular flexibility index (Phi) is 10.9. The number of ketones is 2. The molecule has 2 fully saturated rings. The molecule has 0 aliphatic carbocycles. The third kappa shape index (κ3) is 7.82. The highest BCUT2D eigenvalue weighted by molar-refractivity contribution is 6.74. The summed E-state index contributed by atoms with van der Waals surface area (Å²) < 4.78 is 12.3. The molecule has 7 heteroatoms. The number of carbonyl (C=O) groups is 3. The van der Waals surface area contributed by atoms with Crippen LogP contribution in [0.15, 0.2) is 0 Å². The van der Waals surface area contributed by atoms with Crippen LogP contribution in [0.3, 0.4) is 0 Å². The zero-order valence-electron chi connectivity index (χ0n) is 27.4. The summed E-state index contributed by atoms with van der Waals surface area (Å²) in [5, 5.41) is 0.156. The molecule has 2 heterocycles. The Morgan fingerprint density at radius 2 is 1.69 bits per heavy atom. The lowest BCUT2D eigenvalue weighted by molar-refractivity contribution is -0.157. The van der Waals surface area contributed by atoms with Crippen molar-refractivity contribution in [2.45, 2.75) is 144 Å². The number of nitrogens with zero attached hydrogens (tertiary/aromatic N) is 1. The first-order valence-electron chi connectivity index (χ1n) is 15.3. The van der Waals surface area contributed by atoms with Crippen molar-refractivity contribution in [3.63, 3.8) is 0 Å². The maximum Gasteiger partial charge on any atom is 0.306 e. The summed E-state index contributed by atoms with van der Waals surface area (Å²) in [6.45, 7) is 29.0. The lowest BCUT2D eigenvalue weighted by atomic mass is 9.67. The van der Waals surface area contributed by atoms with Gasteiger partial charge in [0.05, 0.1) is 0 Å². The number of hydrogen-bond acceptors (Lipinski definition) is 6. The molecule has 39 heavy (non-hydrogen) atoms. The Morgan fingerprint density at radius 1 is 1.10 bits per heavy atom. The Labute approximate surface area is 240 Å². The van der Waals surface area contributed by atoms with E-state index in [9.17, 15) is 14.4 Å². The second-order valence-corrected chi connectivity index (χ2v) is 20.0. The van der Waals surface area contributed by atoms with E-state index >= 15 is 0 Å². The Morgan fingerprint density at radius 3 is 2.23 bits per heavy atom. The second-order valence-electron chi connectivity index (χ2n) is 15.2. The van der Waals surface area contributed by atoms with Gasteiger partial charge >= 0.3 is 5.97 Å². The summed E-state index contributed by atoms with van der Waals surface area (Å²) >= 11 is 0. The lowest BCUT2D eigenvalue weighted by Crippen LogP contribution is -2.42. The van der Waals surface area contributed by atoms with Crippen molar-refractivity contribution in [3.8, 4) is 0 Å². The summed E-state index contributed by atoms with van der Waals surface area (Å²) in [6, 6.07) is 0.178. The van der Waals surface area contributed by atoms with Gasteiger partial charge in [-0.25, -0.2) is 0 Å². The summed E-state index contributed by atoms with van der Waals surface area (Å²) in [4.78, 5) is 41.7. The molecule has 226 valence electrons. The molecule has 0 spiro atoms. The predicted molar refractivity (Wildman–Crippen MR) is 161 cm³/mol. The van der Waals surface area contributed by atoms with E-state index in [-0.39, 0.29) is 58.3 Å². The first kappa shape index (κ1) is 34.1. The third-order valence-electron chi connectivity index (χ3n) is 11.2. The molecule has 0 aromatic heterocycles. The maximum absolute atomic E-state index is 13.6. The summed E-state index contributed by atoms with van der Waals surface area (Å²) in [6.07, 6.45) is 3.02. The van der Waals surface area contributed by atoms with E-state index in [1.165, 1.54) is 6.92 Å². The SMILES string of the molecule is CC(=O)[C@@H]1C[C@@H]2N(CCO[Si](C)(C)C(C)(C)C)[C@]2(C)CCC[C@H](C)[C@H](C)[C@@H](C)C(=O)C(C)(C)[C@@H](C)CC(=O)O1. The number of fused-ring (bicyclic) bond motifs is 1. The standard InChI is InChI=1S/C32H59NO5Si/c1-21-15-14-16-32(11)27(33(32)17-18-37-39(12,13)30(6,7)8)20-26(25(5)34)38-28(35)19-22(2)31(9,10)29(36)24(4)23(21)3/h21-24,26-27H,14-20H2,1-13H3/t21-,22-,23-,24+,26-,27-,32+,33?/m0/s1. The number of rotatable bonds is 5. The van der Waals surface area contributed by atoms with Crippen LogP contribution in [0.1, 0.15) is 108 Å². The van der Waals surface area contributed by atoms with E-state index in [0.29, 0.717) is 18.9 Å². The fourth-order valence-electron chi connectivity index (χ4n) is 6.12. The Bertz CT molecular complexity index is 893. The molecule has 0 aromatic rings. The van der Waals surface area contributed by atoms with Crippen LogP contribution >= 0.6 is 0 Å². The maximum atomic E-state index is 13.6. The molecule has 0 saturated carbocycles. The molecule has 0 radical (unpaired) electrons. The van der Waals surface area contributed by atoms with Gasteiger partial charge in [-0.1, -0.05) is 75.2 Å².